The standard InChI is InChI=1S/C16H15BrN2S/c1-10-9-12(7-8-13(10)17)18-11(2)16-19-14-5-3-4-6-15(14)20-16/h3-9,11,18H,1-2H3. The summed E-state index contributed by atoms with van der Waals surface area (Å²) in [5.74, 6) is 0. The number of fused-ring (bicyclic) bond motifs is 1. The second kappa shape index (κ2) is 5.54. The van der Waals surface area contributed by atoms with Gasteiger partial charge in [0.15, 0.2) is 0 Å². The van der Waals surface area contributed by atoms with E-state index in [-0.39, 0.29) is 6.04 Å². The van der Waals surface area contributed by atoms with Crippen LogP contribution in [0.3, 0.4) is 0 Å². The Hall–Kier alpha value is -1.39. The van der Waals surface area contributed by atoms with Gasteiger partial charge < -0.3 is 5.32 Å². The minimum Gasteiger partial charge on any atom is -0.376 e. The van der Waals surface area contributed by atoms with Gasteiger partial charge in [0.05, 0.1) is 16.3 Å². The monoisotopic (exact) mass is 346 g/mol. The molecule has 0 aliphatic carbocycles. The summed E-state index contributed by atoms with van der Waals surface area (Å²) in [4.78, 5) is 4.70. The summed E-state index contributed by atoms with van der Waals surface area (Å²) < 4.78 is 2.37. The first kappa shape index (κ1) is 13.6. The second-order valence-corrected chi connectivity index (χ2v) is 6.77. The number of aryl methyl sites for hydroxylation is 1. The van der Waals surface area contributed by atoms with Crippen molar-refractivity contribution in [1.82, 2.24) is 4.98 Å². The maximum absolute atomic E-state index is 4.70. The van der Waals surface area contributed by atoms with Crippen LogP contribution in [0.1, 0.15) is 23.5 Å². The molecular formula is C16H15BrN2S. The van der Waals surface area contributed by atoms with Crippen molar-refractivity contribution >= 4 is 43.2 Å². The molecule has 0 aliphatic rings. The molecule has 4 heteroatoms. The van der Waals surface area contributed by atoms with Crippen molar-refractivity contribution in [2.45, 2.75) is 19.9 Å². The van der Waals surface area contributed by atoms with Gasteiger partial charge in [-0.3, -0.25) is 0 Å². The zero-order valence-corrected chi connectivity index (χ0v) is 13.8. The third-order valence-electron chi connectivity index (χ3n) is 3.22. The van der Waals surface area contributed by atoms with Gasteiger partial charge in [0.2, 0.25) is 0 Å². The molecule has 2 nitrogen and oxygen atoms in total. The van der Waals surface area contributed by atoms with Crippen LogP contribution in [0.2, 0.25) is 0 Å². The zero-order valence-electron chi connectivity index (χ0n) is 11.4. The molecule has 0 saturated carbocycles. The minimum atomic E-state index is 0.202. The number of rotatable bonds is 3. The Labute approximate surface area is 131 Å². The van der Waals surface area contributed by atoms with E-state index in [1.807, 2.05) is 6.07 Å². The van der Waals surface area contributed by atoms with Crippen LogP contribution in [0.5, 0.6) is 0 Å². The van der Waals surface area contributed by atoms with Crippen molar-refractivity contribution in [3.05, 3.63) is 57.5 Å². The van der Waals surface area contributed by atoms with Crippen molar-refractivity contribution in [3.8, 4) is 0 Å². The highest BCUT2D eigenvalue weighted by atomic mass is 79.9. The lowest BCUT2D eigenvalue weighted by Gasteiger charge is -2.13. The molecule has 0 aliphatic heterocycles. The lowest BCUT2D eigenvalue weighted by molar-refractivity contribution is 0.874. The molecule has 20 heavy (non-hydrogen) atoms. The van der Waals surface area contributed by atoms with Crippen LogP contribution in [0.4, 0.5) is 5.69 Å². The average molecular weight is 347 g/mol. The normalized spacial score (nSPS) is 12.6. The molecule has 1 atom stereocenters. The van der Waals surface area contributed by atoms with Crippen LogP contribution in [-0.2, 0) is 0 Å². The smallest absolute Gasteiger partial charge is 0.116 e. The molecule has 0 bridgehead atoms. The second-order valence-electron chi connectivity index (χ2n) is 4.85. The van der Waals surface area contributed by atoms with Crippen molar-refractivity contribution in [2.24, 2.45) is 0 Å². The summed E-state index contributed by atoms with van der Waals surface area (Å²) in [6.07, 6.45) is 0. The highest BCUT2D eigenvalue weighted by Gasteiger charge is 2.11. The Morgan fingerprint density at radius 3 is 2.75 bits per heavy atom. The van der Waals surface area contributed by atoms with E-state index < -0.39 is 0 Å². The topological polar surface area (TPSA) is 24.9 Å². The molecule has 1 N–H and O–H groups in total. The van der Waals surface area contributed by atoms with E-state index in [9.17, 15) is 0 Å². The number of nitrogens with zero attached hydrogens (tertiary/aromatic N) is 1. The molecule has 102 valence electrons. The summed E-state index contributed by atoms with van der Waals surface area (Å²) in [7, 11) is 0. The minimum absolute atomic E-state index is 0.202. The number of hydrogen-bond acceptors (Lipinski definition) is 3. The number of nitrogens with one attached hydrogen (secondary N) is 1. The predicted molar refractivity (Wildman–Crippen MR) is 90.5 cm³/mol. The van der Waals surface area contributed by atoms with Gasteiger partial charge in [-0.2, -0.15) is 0 Å². The first-order valence-corrected chi connectivity index (χ1v) is 8.12. The number of anilines is 1. The molecule has 0 spiro atoms. The van der Waals surface area contributed by atoms with Gasteiger partial charge in [-0.15, -0.1) is 11.3 Å². The zero-order chi connectivity index (χ0) is 14.1. The van der Waals surface area contributed by atoms with Crippen LogP contribution < -0.4 is 5.32 Å². The van der Waals surface area contributed by atoms with Crippen molar-refractivity contribution in [1.29, 1.82) is 0 Å². The van der Waals surface area contributed by atoms with Gasteiger partial charge >= 0.3 is 0 Å². The number of benzene rings is 2. The third-order valence-corrected chi connectivity index (χ3v) is 5.33. The maximum atomic E-state index is 4.70. The van der Waals surface area contributed by atoms with Crippen molar-refractivity contribution < 1.29 is 0 Å². The summed E-state index contributed by atoms with van der Waals surface area (Å²) in [5, 5.41) is 4.63. The molecule has 1 unspecified atom stereocenters. The fourth-order valence-electron chi connectivity index (χ4n) is 2.12. The van der Waals surface area contributed by atoms with E-state index in [1.165, 1.54) is 10.3 Å². The average Bonchev–Trinajstić information content (AvgIpc) is 2.87. The van der Waals surface area contributed by atoms with Crippen LogP contribution in [0, 0.1) is 6.92 Å². The van der Waals surface area contributed by atoms with Crippen LogP contribution in [-0.4, -0.2) is 4.98 Å². The molecule has 0 amide bonds. The molecular weight excluding hydrogens is 332 g/mol. The number of aromatic nitrogens is 1. The third kappa shape index (κ3) is 2.72. The highest BCUT2D eigenvalue weighted by Crippen LogP contribution is 2.29. The quantitative estimate of drug-likeness (QED) is 0.673. The van der Waals surface area contributed by atoms with Crippen molar-refractivity contribution in [3.63, 3.8) is 0 Å². The Bertz CT molecular complexity index is 718. The van der Waals surface area contributed by atoms with E-state index >= 15 is 0 Å². The number of hydrogen-bond donors (Lipinski definition) is 1. The van der Waals surface area contributed by atoms with E-state index in [0.717, 1.165) is 20.7 Å². The van der Waals surface area contributed by atoms with Crippen molar-refractivity contribution in [2.75, 3.05) is 5.32 Å². The molecule has 2 aromatic carbocycles. The molecule has 0 saturated heterocycles. The Kier molecular flexibility index (Phi) is 3.76. The van der Waals surface area contributed by atoms with E-state index in [1.54, 1.807) is 11.3 Å². The first-order chi connectivity index (χ1) is 9.63. The first-order valence-electron chi connectivity index (χ1n) is 6.51. The van der Waals surface area contributed by atoms with Crippen LogP contribution >= 0.6 is 27.3 Å². The van der Waals surface area contributed by atoms with Crippen LogP contribution in [0.15, 0.2) is 46.9 Å². The van der Waals surface area contributed by atoms with Gasteiger partial charge in [0, 0.05) is 10.2 Å². The lowest BCUT2D eigenvalue weighted by atomic mass is 10.2. The number of para-hydroxylation sites is 1. The largest absolute Gasteiger partial charge is 0.376 e. The molecule has 0 radical (unpaired) electrons. The summed E-state index contributed by atoms with van der Waals surface area (Å²) in [6.45, 7) is 4.24. The molecule has 0 fully saturated rings. The Morgan fingerprint density at radius 2 is 2.00 bits per heavy atom. The van der Waals surface area contributed by atoms with Gasteiger partial charge in [-0.25, -0.2) is 4.98 Å². The Balaban J connectivity index is 1.84. The fraction of sp³-hybridized carbons (Fsp3) is 0.188. The molecule has 1 heterocycles. The van der Waals surface area contributed by atoms with Gasteiger partial charge in [0.1, 0.15) is 5.01 Å². The van der Waals surface area contributed by atoms with E-state index in [0.29, 0.717) is 0 Å². The predicted octanol–water partition coefficient (Wildman–Crippen LogP) is 5.54. The van der Waals surface area contributed by atoms with Gasteiger partial charge in [-0.1, -0.05) is 28.1 Å². The molecule has 3 aromatic rings. The number of halogens is 1. The SMILES string of the molecule is Cc1cc(NC(C)c2nc3ccccc3s2)ccc1Br. The van der Waals surface area contributed by atoms with Gasteiger partial charge in [0.25, 0.3) is 0 Å². The van der Waals surface area contributed by atoms with Gasteiger partial charge in [-0.05, 0) is 49.7 Å². The summed E-state index contributed by atoms with van der Waals surface area (Å²) in [5.41, 5.74) is 3.43. The molecule has 3 rings (SSSR count). The maximum Gasteiger partial charge on any atom is 0.116 e. The summed E-state index contributed by atoms with van der Waals surface area (Å²) in [6, 6.07) is 14.8. The van der Waals surface area contributed by atoms with E-state index in [2.05, 4.69) is 71.5 Å². The summed E-state index contributed by atoms with van der Waals surface area (Å²) >= 11 is 5.27. The Morgan fingerprint density at radius 1 is 1.20 bits per heavy atom. The lowest BCUT2D eigenvalue weighted by Crippen LogP contribution is -2.06. The number of thiazole rings is 1. The van der Waals surface area contributed by atoms with Crippen LogP contribution in [0.25, 0.3) is 10.2 Å². The highest BCUT2D eigenvalue weighted by molar-refractivity contribution is 9.10. The fourth-order valence-corrected chi connectivity index (χ4v) is 3.34. The van der Waals surface area contributed by atoms with E-state index in [4.69, 9.17) is 4.98 Å². The molecule has 1 aromatic heterocycles.